The van der Waals surface area contributed by atoms with Crippen LogP contribution < -0.4 is 0 Å². The summed E-state index contributed by atoms with van der Waals surface area (Å²) in [7, 11) is 0. The molecule has 0 aliphatic heterocycles. The number of carboxylic acids is 2. The molecule has 0 saturated carbocycles. The first-order valence-electron chi connectivity index (χ1n) is 7.31. The fraction of sp³-hybridized carbons (Fsp3) is 0.412. The van der Waals surface area contributed by atoms with Gasteiger partial charge in [0.1, 0.15) is 0 Å². The third kappa shape index (κ3) is 6.25. The summed E-state index contributed by atoms with van der Waals surface area (Å²) < 4.78 is 0. The molecular weight excluding hydrogens is 268 g/mol. The molecule has 114 valence electrons. The van der Waals surface area contributed by atoms with Crippen molar-refractivity contribution in [2.45, 2.75) is 45.4 Å². The summed E-state index contributed by atoms with van der Waals surface area (Å²) in [6.45, 7) is 2.18. The zero-order valence-electron chi connectivity index (χ0n) is 12.3. The Morgan fingerprint density at radius 2 is 1.62 bits per heavy atom. The number of rotatable bonds is 9. The normalized spacial score (nSPS) is 11.4. The molecule has 0 radical (unpaired) electrons. The molecule has 0 fully saturated rings. The van der Waals surface area contributed by atoms with E-state index >= 15 is 0 Å². The SMILES string of the molecule is CCCCCCCc1ccc(/C(=C/C(=O)O)C(=O)O)cc1. The van der Waals surface area contributed by atoms with Crippen LogP contribution in [0.3, 0.4) is 0 Å². The minimum absolute atomic E-state index is 0.197. The molecule has 0 atom stereocenters. The molecule has 0 unspecified atom stereocenters. The maximum Gasteiger partial charge on any atom is 0.336 e. The molecule has 0 spiro atoms. The van der Waals surface area contributed by atoms with Gasteiger partial charge in [-0.15, -0.1) is 0 Å². The predicted molar refractivity (Wildman–Crippen MR) is 82.2 cm³/mol. The van der Waals surface area contributed by atoms with E-state index in [0.29, 0.717) is 5.56 Å². The van der Waals surface area contributed by atoms with Crippen molar-refractivity contribution in [3.63, 3.8) is 0 Å². The van der Waals surface area contributed by atoms with Gasteiger partial charge in [-0.3, -0.25) is 0 Å². The summed E-state index contributed by atoms with van der Waals surface area (Å²) in [6.07, 6.45) is 7.75. The first kappa shape index (κ1) is 17.0. The molecule has 0 amide bonds. The Balaban J connectivity index is 2.64. The van der Waals surface area contributed by atoms with E-state index in [0.717, 1.165) is 24.5 Å². The molecule has 21 heavy (non-hydrogen) atoms. The Morgan fingerprint density at radius 3 is 2.14 bits per heavy atom. The summed E-state index contributed by atoms with van der Waals surface area (Å²) in [6, 6.07) is 7.08. The summed E-state index contributed by atoms with van der Waals surface area (Å²) in [5.41, 5.74) is 1.37. The average molecular weight is 290 g/mol. The fourth-order valence-electron chi connectivity index (χ4n) is 2.18. The highest BCUT2D eigenvalue weighted by molar-refractivity contribution is 6.19. The number of carbonyl (C=O) groups is 2. The molecule has 2 N–H and O–H groups in total. The van der Waals surface area contributed by atoms with Crippen molar-refractivity contribution in [1.82, 2.24) is 0 Å². The minimum Gasteiger partial charge on any atom is -0.478 e. The number of benzene rings is 1. The first-order chi connectivity index (χ1) is 10.0. The molecule has 4 nitrogen and oxygen atoms in total. The van der Waals surface area contributed by atoms with Gasteiger partial charge < -0.3 is 10.2 Å². The van der Waals surface area contributed by atoms with Crippen LogP contribution in [0.5, 0.6) is 0 Å². The van der Waals surface area contributed by atoms with E-state index in [-0.39, 0.29) is 5.57 Å². The smallest absolute Gasteiger partial charge is 0.336 e. The predicted octanol–water partition coefficient (Wildman–Crippen LogP) is 3.75. The molecule has 1 aromatic rings. The van der Waals surface area contributed by atoms with Gasteiger partial charge in [0, 0.05) is 6.08 Å². The highest BCUT2D eigenvalue weighted by Crippen LogP contribution is 2.17. The van der Waals surface area contributed by atoms with Crippen LogP contribution in [0.25, 0.3) is 5.57 Å². The second-order valence-electron chi connectivity index (χ2n) is 5.06. The number of unbranched alkanes of at least 4 members (excludes halogenated alkanes) is 4. The standard InChI is InChI=1S/C17H22O4/c1-2-3-4-5-6-7-13-8-10-14(11-9-13)15(17(20)21)12-16(18)19/h8-12H,2-7H2,1H3,(H,18,19)(H,20,21)/b15-12-. The third-order valence-corrected chi connectivity index (χ3v) is 3.33. The highest BCUT2D eigenvalue weighted by Gasteiger charge is 2.12. The van der Waals surface area contributed by atoms with E-state index in [4.69, 9.17) is 10.2 Å². The molecule has 0 aliphatic rings. The fourth-order valence-corrected chi connectivity index (χ4v) is 2.18. The molecule has 0 saturated heterocycles. The number of hydrogen-bond donors (Lipinski definition) is 2. The number of aryl methyl sites for hydroxylation is 1. The molecule has 4 heteroatoms. The lowest BCUT2D eigenvalue weighted by atomic mass is 10.0. The second-order valence-corrected chi connectivity index (χ2v) is 5.06. The number of hydrogen-bond acceptors (Lipinski definition) is 2. The van der Waals surface area contributed by atoms with Crippen LogP contribution in [0.2, 0.25) is 0 Å². The van der Waals surface area contributed by atoms with E-state index in [9.17, 15) is 9.59 Å². The third-order valence-electron chi connectivity index (χ3n) is 3.33. The van der Waals surface area contributed by atoms with Crippen molar-refractivity contribution >= 4 is 17.5 Å². The topological polar surface area (TPSA) is 74.6 Å². The zero-order chi connectivity index (χ0) is 15.7. The van der Waals surface area contributed by atoms with Crippen molar-refractivity contribution < 1.29 is 19.8 Å². The van der Waals surface area contributed by atoms with E-state index in [2.05, 4.69) is 6.92 Å². The quantitative estimate of drug-likeness (QED) is 0.536. The summed E-state index contributed by atoms with van der Waals surface area (Å²) in [4.78, 5) is 21.7. The van der Waals surface area contributed by atoms with Gasteiger partial charge in [-0.25, -0.2) is 9.59 Å². The van der Waals surface area contributed by atoms with Crippen LogP contribution >= 0.6 is 0 Å². The Kier molecular flexibility index (Phi) is 7.23. The summed E-state index contributed by atoms with van der Waals surface area (Å²) in [5.74, 6) is -2.49. The van der Waals surface area contributed by atoms with Gasteiger partial charge >= 0.3 is 11.9 Å². The largest absolute Gasteiger partial charge is 0.478 e. The van der Waals surface area contributed by atoms with Crippen molar-refractivity contribution in [3.05, 3.63) is 41.5 Å². The van der Waals surface area contributed by atoms with E-state index in [1.807, 2.05) is 12.1 Å². The van der Waals surface area contributed by atoms with Crippen molar-refractivity contribution in [2.24, 2.45) is 0 Å². The van der Waals surface area contributed by atoms with Crippen LogP contribution in [0.4, 0.5) is 0 Å². The van der Waals surface area contributed by atoms with Crippen LogP contribution in [0.1, 0.15) is 50.2 Å². The molecule has 1 rings (SSSR count). The van der Waals surface area contributed by atoms with Crippen LogP contribution in [0, 0.1) is 0 Å². The molecule has 0 aromatic heterocycles. The maximum atomic E-state index is 11.1. The van der Waals surface area contributed by atoms with Crippen LogP contribution in [0.15, 0.2) is 30.3 Å². The summed E-state index contributed by atoms with van der Waals surface area (Å²) >= 11 is 0. The summed E-state index contributed by atoms with van der Waals surface area (Å²) in [5, 5.41) is 17.7. The molecule has 0 aliphatic carbocycles. The van der Waals surface area contributed by atoms with Gasteiger partial charge in [-0.2, -0.15) is 0 Å². The lowest BCUT2D eigenvalue weighted by Gasteiger charge is -2.05. The van der Waals surface area contributed by atoms with Crippen molar-refractivity contribution in [1.29, 1.82) is 0 Å². The maximum absolute atomic E-state index is 11.1. The van der Waals surface area contributed by atoms with Crippen molar-refractivity contribution in [3.8, 4) is 0 Å². The minimum atomic E-state index is -1.26. The first-order valence-corrected chi connectivity index (χ1v) is 7.31. The van der Waals surface area contributed by atoms with Crippen LogP contribution in [-0.2, 0) is 16.0 Å². The number of carboxylic acid groups (broad SMARTS) is 2. The highest BCUT2D eigenvalue weighted by atomic mass is 16.4. The van der Waals surface area contributed by atoms with Gasteiger partial charge in [0.2, 0.25) is 0 Å². The van der Waals surface area contributed by atoms with Crippen molar-refractivity contribution in [2.75, 3.05) is 0 Å². The van der Waals surface area contributed by atoms with Gasteiger partial charge in [-0.05, 0) is 24.0 Å². The monoisotopic (exact) mass is 290 g/mol. The molecule has 1 aromatic carbocycles. The Morgan fingerprint density at radius 1 is 1.00 bits per heavy atom. The lowest BCUT2D eigenvalue weighted by molar-refractivity contribution is -0.133. The Bertz CT molecular complexity index is 500. The Hall–Kier alpha value is -2.10. The van der Waals surface area contributed by atoms with Crippen LogP contribution in [-0.4, -0.2) is 22.2 Å². The second kappa shape index (κ2) is 8.95. The van der Waals surface area contributed by atoms with E-state index in [1.54, 1.807) is 12.1 Å². The average Bonchev–Trinajstić information content (AvgIpc) is 2.45. The molecule has 0 heterocycles. The molecular formula is C17H22O4. The van der Waals surface area contributed by atoms with Gasteiger partial charge in [0.25, 0.3) is 0 Å². The van der Waals surface area contributed by atoms with E-state index in [1.165, 1.54) is 25.7 Å². The Labute approximate surface area is 125 Å². The zero-order valence-corrected chi connectivity index (χ0v) is 12.3. The van der Waals surface area contributed by atoms with Gasteiger partial charge in [0.05, 0.1) is 5.57 Å². The van der Waals surface area contributed by atoms with E-state index < -0.39 is 11.9 Å². The van der Waals surface area contributed by atoms with Gasteiger partial charge in [-0.1, -0.05) is 56.9 Å². The van der Waals surface area contributed by atoms with Gasteiger partial charge in [0.15, 0.2) is 0 Å². The molecule has 0 bridgehead atoms. The number of aliphatic carboxylic acids is 2. The lowest BCUT2D eigenvalue weighted by Crippen LogP contribution is -2.03.